The van der Waals surface area contributed by atoms with Gasteiger partial charge in [-0.3, -0.25) is 0 Å². The van der Waals surface area contributed by atoms with Crippen LogP contribution in [0.5, 0.6) is 0 Å². The molecule has 0 aliphatic rings. The van der Waals surface area contributed by atoms with E-state index in [0.29, 0.717) is 4.48 Å². The van der Waals surface area contributed by atoms with Crippen LogP contribution in [-0.4, -0.2) is 30.9 Å². The molecule has 4 heteroatoms. The number of hydrogen-bond acceptors (Lipinski definition) is 2. The van der Waals surface area contributed by atoms with Crippen LogP contribution in [0.25, 0.3) is 0 Å². The molecule has 0 bridgehead atoms. The van der Waals surface area contributed by atoms with Gasteiger partial charge in [0.2, 0.25) is 5.28 Å². The normalized spacial score (nSPS) is 13.9. The van der Waals surface area contributed by atoms with Gasteiger partial charge >= 0.3 is 7.68 Å². The van der Waals surface area contributed by atoms with Gasteiger partial charge in [-0.25, -0.2) is 9.13 Å². The Balaban J connectivity index is 3.68. The summed E-state index contributed by atoms with van der Waals surface area (Å²) in [5.41, 5.74) is 0. The van der Waals surface area contributed by atoms with Crippen LogP contribution in [0, 0.1) is 0 Å². The lowest BCUT2D eigenvalue weighted by atomic mass is 9.99. The summed E-state index contributed by atoms with van der Waals surface area (Å²) >= 11 is 0. The number of allylic oxidation sites excluding steroid dienone is 1. The first kappa shape index (κ1) is 28.6. The predicted molar refractivity (Wildman–Crippen MR) is 128 cm³/mol. The number of hydrogen-bond donors (Lipinski definition) is 0. The van der Waals surface area contributed by atoms with E-state index in [-0.39, 0.29) is 0 Å². The lowest BCUT2D eigenvalue weighted by molar-refractivity contribution is -0.908. The zero-order valence-electron chi connectivity index (χ0n) is 20.2. The van der Waals surface area contributed by atoms with Gasteiger partial charge in [0.1, 0.15) is 0 Å². The zero-order chi connectivity index (χ0) is 22.0. The van der Waals surface area contributed by atoms with Gasteiger partial charge in [0.15, 0.2) is 0 Å². The van der Waals surface area contributed by atoms with Gasteiger partial charge in [-0.05, 0) is 25.7 Å². The maximum atomic E-state index is 12.1. The minimum absolute atomic E-state index is 0.522. The minimum Gasteiger partial charge on any atom is -0.314 e. The van der Waals surface area contributed by atoms with E-state index >= 15 is 0 Å². The SMILES string of the molecule is C=CCCCCCCCCCCCCCCCCC(CCC)(P(=O)=O)[N+](C)(C)C. The van der Waals surface area contributed by atoms with Crippen molar-refractivity contribution in [2.45, 2.75) is 128 Å². The molecular formula is C25H51NO2P+. The molecular weight excluding hydrogens is 377 g/mol. The van der Waals surface area contributed by atoms with Gasteiger partial charge in [0.25, 0.3) is 0 Å². The third-order valence-corrected chi connectivity index (χ3v) is 8.20. The third kappa shape index (κ3) is 12.8. The van der Waals surface area contributed by atoms with Crippen LogP contribution >= 0.6 is 7.68 Å². The predicted octanol–water partition coefficient (Wildman–Crippen LogP) is 8.79. The Morgan fingerprint density at radius 2 is 1.07 bits per heavy atom. The Morgan fingerprint density at radius 1 is 0.690 bits per heavy atom. The van der Waals surface area contributed by atoms with Gasteiger partial charge in [-0.2, -0.15) is 0 Å². The van der Waals surface area contributed by atoms with E-state index < -0.39 is 13.0 Å². The first-order valence-corrected chi connectivity index (χ1v) is 13.6. The average molecular weight is 429 g/mol. The van der Waals surface area contributed by atoms with Crippen LogP contribution in [0.4, 0.5) is 0 Å². The molecule has 0 aromatic carbocycles. The Labute approximate surface area is 183 Å². The van der Waals surface area contributed by atoms with Crippen molar-refractivity contribution in [3.8, 4) is 0 Å². The van der Waals surface area contributed by atoms with Crippen molar-refractivity contribution in [1.29, 1.82) is 0 Å². The first-order chi connectivity index (χ1) is 13.8. The van der Waals surface area contributed by atoms with Crippen molar-refractivity contribution in [2.24, 2.45) is 0 Å². The summed E-state index contributed by atoms with van der Waals surface area (Å²) in [6.45, 7) is 5.86. The molecule has 0 aromatic rings. The lowest BCUT2D eigenvalue weighted by Crippen LogP contribution is -2.53. The van der Waals surface area contributed by atoms with Crippen LogP contribution < -0.4 is 0 Å². The molecule has 3 nitrogen and oxygen atoms in total. The largest absolute Gasteiger partial charge is 0.378 e. The molecule has 0 fully saturated rings. The maximum Gasteiger partial charge on any atom is 0.378 e. The molecule has 1 atom stereocenters. The molecule has 0 spiro atoms. The smallest absolute Gasteiger partial charge is 0.314 e. The molecule has 0 aromatic heterocycles. The standard InChI is InChI=1S/C25H51NO2P/c1-6-8-9-10-11-12-13-14-15-16-17-18-19-20-21-22-24-25(23-7-2,29(27)28)26(3,4)5/h6H,1,7-24H2,2-5H3/q+1. The van der Waals surface area contributed by atoms with E-state index in [1.807, 2.05) is 27.2 Å². The highest BCUT2D eigenvalue weighted by Crippen LogP contribution is 2.44. The van der Waals surface area contributed by atoms with Crippen LogP contribution in [0.15, 0.2) is 12.7 Å². The highest BCUT2D eigenvalue weighted by molar-refractivity contribution is 7.32. The number of nitrogens with zero attached hydrogens (tertiary/aromatic N) is 1. The number of rotatable bonds is 21. The summed E-state index contributed by atoms with van der Waals surface area (Å²) in [7, 11) is 3.68. The molecule has 1 unspecified atom stereocenters. The fraction of sp³-hybridized carbons (Fsp3) is 0.920. The van der Waals surface area contributed by atoms with E-state index in [2.05, 4.69) is 13.5 Å². The Bertz CT molecular complexity index is 460. The molecule has 0 N–H and O–H groups in total. The van der Waals surface area contributed by atoms with Crippen LogP contribution in [0.1, 0.15) is 122 Å². The summed E-state index contributed by atoms with van der Waals surface area (Å²) < 4.78 is 24.7. The van der Waals surface area contributed by atoms with Crippen molar-refractivity contribution < 1.29 is 13.6 Å². The zero-order valence-corrected chi connectivity index (χ0v) is 21.1. The van der Waals surface area contributed by atoms with Crippen molar-refractivity contribution in [2.75, 3.05) is 21.1 Å². The molecule has 0 heterocycles. The molecule has 0 aliphatic carbocycles. The second kappa shape index (κ2) is 17.3. The van der Waals surface area contributed by atoms with Crippen molar-refractivity contribution in [1.82, 2.24) is 0 Å². The maximum absolute atomic E-state index is 12.1. The fourth-order valence-corrected chi connectivity index (χ4v) is 5.68. The minimum atomic E-state index is -2.42. The summed E-state index contributed by atoms with van der Waals surface area (Å²) in [4.78, 5) is 0. The topological polar surface area (TPSA) is 34.1 Å². The Morgan fingerprint density at radius 3 is 1.38 bits per heavy atom. The molecule has 0 aliphatic heterocycles. The van der Waals surface area contributed by atoms with E-state index in [9.17, 15) is 9.13 Å². The second-order valence-corrected chi connectivity index (χ2v) is 11.1. The van der Waals surface area contributed by atoms with Crippen LogP contribution in [0.2, 0.25) is 0 Å². The van der Waals surface area contributed by atoms with E-state index in [4.69, 9.17) is 0 Å². The van der Waals surface area contributed by atoms with Gasteiger partial charge in [0, 0.05) is 12.8 Å². The van der Waals surface area contributed by atoms with Gasteiger partial charge in [-0.1, -0.05) is 90.0 Å². The third-order valence-electron chi connectivity index (χ3n) is 6.47. The van der Waals surface area contributed by atoms with Gasteiger partial charge in [0.05, 0.1) is 21.1 Å². The first-order valence-electron chi connectivity index (χ1n) is 12.4. The molecule has 0 rings (SSSR count). The highest BCUT2D eigenvalue weighted by Gasteiger charge is 2.47. The molecule has 0 radical (unpaired) electrons. The summed E-state index contributed by atoms with van der Waals surface area (Å²) in [5, 5.41) is -0.588. The molecule has 0 saturated carbocycles. The summed E-state index contributed by atoms with van der Waals surface area (Å²) in [6, 6.07) is 0. The summed E-state index contributed by atoms with van der Waals surface area (Å²) in [5.74, 6) is 0. The average Bonchev–Trinajstić information content (AvgIpc) is 2.65. The van der Waals surface area contributed by atoms with Gasteiger partial charge < -0.3 is 4.48 Å². The van der Waals surface area contributed by atoms with E-state index in [1.165, 1.54) is 89.9 Å². The van der Waals surface area contributed by atoms with Gasteiger partial charge in [-0.15, -0.1) is 6.58 Å². The highest BCUT2D eigenvalue weighted by atomic mass is 31.1. The molecule has 172 valence electrons. The molecule has 29 heavy (non-hydrogen) atoms. The molecule has 0 amide bonds. The van der Waals surface area contributed by atoms with E-state index in [1.54, 1.807) is 0 Å². The van der Waals surface area contributed by atoms with Crippen molar-refractivity contribution >= 4 is 7.68 Å². The van der Waals surface area contributed by atoms with Crippen molar-refractivity contribution in [3.05, 3.63) is 12.7 Å². The number of quaternary nitrogens is 1. The summed E-state index contributed by atoms with van der Waals surface area (Å²) in [6.07, 6.45) is 24.2. The van der Waals surface area contributed by atoms with Crippen LogP contribution in [0.3, 0.4) is 0 Å². The lowest BCUT2D eigenvalue weighted by Gasteiger charge is -2.41. The fourth-order valence-electron chi connectivity index (χ4n) is 4.44. The number of unbranched alkanes of at least 4 members (excludes halogenated alkanes) is 14. The van der Waals surface area contributed by atoms with E-state index in [0.717, 1.165) is 25.7 Å². The van der Waals surface area contributed by atoms with Crippen LogP contribution in [-0.2, 0) is 9.13 Å². The molecule has 0 saturated heterocycles. The Hall–Kier alpha value is -0.400. The monoisotopic (exact) mass is 428 g/mol. The second-order valence-electron chi connectivity index (χ2n) is 9.78. The van der Waals surface area contributed by atoms with Crippen molar-refractivity contribution in [3.63, 3.8) is 0 Å². The Kier molecular flexibility index (Phi) is 17.1. The quantitative estimate of drug-likeness (QED) is 0.0792.